The van der Waals surface area contributed by atoms with E-state index in [0.717, 1.165) is 28.0 Å². The Morgan fingerprint density at radius 1 is 1.12 bits per heavy atom. The van der Waals surface area contributed by atoms with E-state index in [-0.39, 0.29) is 24.6 Å². The number of likely N-dealkylation sites (tertiary alicyclic amines) is 1. The molecule has 2 aliphatic heterocycles. The van der Waals surface area contributed by atoms with Crippen molar-refractivity contribution in [2.45, 2.75) is 32.4 Å². The number of carbonyl (C=O) groups is 2. The Kier molecular flexibility index (Phi) is 5.82. The highest BCUT2D eigenvalue weighted by molar-refractivity contribution is 6.04. The second-order valence-corrected chi connectivity index (χ2v) is 8.77. The molecule has 34 heavy (non-hydrogen) atoms. The lowest BCUT2D eigenvalue weighted by molar-refractivity contribution is -0.136. The monoisotopic (exact) mass is 461 g/mol. The number of anilines is 1. The van der Waals surface area contributed by atoms with Gasteiger partial charge in [-0.3, -0.25) is 14.7 Å². The number of carbonyl (C=O) groups excluding carboxylic acids is 2. The van der Waals surface area contributed by atoms with Gasteiger partial charge >= 0.3 is 6.03 Å². The zero-order valence-corrected chi connectivity index (χ0v) is 19.6. The van der Waals surface area contributed by atoms with Gasteiger partial charge in [-0.1, -0.05) is 0 Å². The first-order valence-electron chi connectivity index (χ1n) is 11.3. The van der Waals surface area contributed by atoms with Crippen LogP contribution in [0.3, 0.4) is 0 Å². The predicted octanol–water partition coefficient (Wildman–Crippen LogP) is 2.40. The third-order valence-electron chi connectivity index (χ3n) is 6.47. The smallest absolute Gasteiger partial charge is 0.324 e. The van der Waals surface area contributed by atoms with Crippen LogP contribution in [0.5, 0.6) is 0 Å². The maximum absolute atomic E-state index is 13.4. The first-order chi connectivity index (χ1) is 16.5. The van der Waals surface area contributed by atoms with E-state index in [1.54, 1.807) is 29.2 Å². The normalized spacial score (nSPS) is 16.8. The number of ether oxygens (including phenoxy) is 1. The van der Waals surface area contributed by atoms with Gasteiger partial charge in [0.2, 0.25) is 5.91 Å². The van der Waals surface area contributed by atoms with Crippen LogP contribution < -0.4 is 4.90 Å². The molecular formula is C24H27N7O3. The predicted molar refractivity (Wildman–Crippen MR) is 126 cm³/mol. The molecule has 0 bridgehead atoms. The molecule has 176 valence electrons. The van der Waals surface area contributed by atoms with Crippen molar-refractivity contribution in [1.82, 2.24) is 29.7 Å². The number of aromatic nitrogens is 4. The Bertz CT molecular complexity index is 1240. The number of amides is 3. The summed E-state index contributed by atoms with van der Waals surface area (Å²) in [6, 6.07) is 3.72. The molecule has 0 aromatic carbocycles. The summed E-state index contributed by atoms with van der Waals surface area (Å²) >= 11 is 0. The van der Waals surface area contributed by atoms with Crippen molar-refractivity contribution in [3.8, 4) is 11.3 Å². The van der Waals surface area contributed by atoms with Gasteiger partial charge in [0.15, 0.2) is 0 Å². The van der Waals surface area contributed by atoms with Crippen molar-refractivity contribution in [1.29, 1.82) is 0 Å². The fourth-order valence-electron chi connectivity index (χ4n) is 4.69. The SMILES string of the molecule is COCC(=O)N1CCC(N2C(=O)N(C)Cc3cnc4ccc(-c5cnc(C)nc5)nc4c32)CC1. The van der Waals surface area contributed by atoms with Gasteiger partial charge in [0.25, 0.3) is 0 Å². The molecule has 0 N–H and O–H groups in total. The Balaban J connectivity index is 1.54. The van der Waals surface area contributed by atoms with Gasteiger partial charge < -0.3 is 14.5 Å². The van der Waals surface area contributed by atoms with Crippen LogP contribution in [0, 0.1) is 6.92 Å². The molecule has 0 radical (unpaired) electrons. The summed E-state index contributed by atoms with van der Waals surface area (Å²) in [6.45, 7) is 3.55. The van der Waals surface area contributed by atoms with E-state index in [4.69, 9.17) is 9.72 Å². The Hall–Kier alpha value is -3.66. The van der Waals surface area contributed by atoms with Gasteiger partial charge in [-0.25, -0.2) is 19.7 Å². The van der Waals surface area contributed by atoms with Crippen molar-refractivity contribution >= 4 is 28.7 Å². The molecule has 10 heteroatoms. The molecule has 3 aromatic heterocycles. The molecule has 3 aromatic rings. The Labute approximate surface area is 197 Å². The highest BCUT2D eigenvalue weighted by Gasteiger charge is 2.37. The maximum Gasteiger partial charge on any atom is 0.324 e. The van der Waals surface area contributed by atoms with Crippen LogP contribution in [0.1, 0.15) is 24.2 Å². The van der Waals surface area contributed by atoms with Crippen LogP contribution in [-0.4, -0.2) is 81.6 Å². The quantitative estimate of drug-likeness (QED) is 0.588. The minimum absolute atomic E-state index is 0.0234. The number of nitrogens with zero attached hydrogens (tertiary/aromatic N) is 7. The lowest BCUT2D eigenvalue weighted by Crippen LogP contribution is -2.54. The van der Waals surface area contributed by atoms with Crippen LogP contribution in [0.4, 0.5) is 10.5 Å². The molecule has 10 nitrogen and oxygen atoms in total. The van der Waals surface area contributed by atoms with Crippen LogP contribution in [-0.2, 0) is 16.1 Å². The first-order valence-corrected chi connectivity index (χ1v) is 11.3. The van der Waals surface area contributed by atoms with Gasteiger partial charge in [0, 0.05) is 63.0 Å². The minimum Gasteiger partial charge on any atom is -0.375 e. The summed E-state index contributed by atoms with van der Waals surface area (Å²) in [5.41, 5.74) is 4.72. The van der Waals surface area contributed by atoms with Crippen LogP contribution in [0.2, 0.25) is 0 Å². The number of methoxy groups -OCH3 is 1. The summed E-state index contributed by atoms with van der Waals surface area (Å²) in [5.74, 6) is 0.670. The first kappa shape index (κ1) is 22.1. The van der Waals surface area contributed by atoms with Gasteiger partial charge in [-0.2, -0.15) is 0 Å². The lowest BCUT2D eigenvalue weighted by atomic mass is 9.99. The number of fused-ring (bicyclic) bond motifs is 3. The van der Waals surface area contributed by atoms with Gasteiger partial charge in [0.1, 0.15) is 17.9 Å². The zero-order valence-electron chi connectivity index (χ0n) is 19.6. The van der Waals surface area contributed by atoms with Crippen molar-refractivity contribution in [2.24, 2.45) is 0 Å². The molecule has 1 saturated heterocycles. The molecule has 0 spiro atoms. The second kappa shape index (κ2) is 8.94. The number of aryl methyl sites for hydroxylation is 1. The molecule has 0 unspecified atom stereocenters. The molecular weight excluding hydrogens is 434 g/mol. The average Bonchev–Trinajstić information content (AvgIpc) is 2.85. The van der Waals surface area contributed by atoms with Gasteiger partial charge in [-0.05, 0) is 31.9 Å². The largest absolute Gasteiger partial charge is 0.375 e. The number of pyridine rings is 2. The van der Waals surface area contributed by atoms with Crippen molar-refractivity contribution in [2.75, 3.05) is 38.8 Å². The Morgan fingerprint density at radius 2 is 1.85 bits per heavy atom. The fourth-order valence-corrected chi connectivity index (χ4v) is 4.69. The van der Waals surface area contributed by atoms with Crippen molar-refractivity contribution in [3.05, 3.63) is 42.1 Å². The summed E-state index contributed by atoms with van der Waals surface area (Å²) in [5, 5.41) is 0. The zero-order chi connectivity index (χ0) is 23.8. The van der Waals surface area contributed by atoms with Crippen LogP contribution in [0.25, 0.3) is 22.3 Å². The van der Waals surface area contributed by atoms with Crippen molar-refractivity contribution < 1.29 is 14.3 Å². The summed E-state index contributed by atoms with van der Waals surface area (Å²) in [6.07, 6.45) is 6.71. The number of urea groups is 1. The molecule has 5 rings (SSSR count). The van der Waals surface area contributed by atoms with E-state index < -0.39 is 0 Å². The Morgan fingerprint density at radius 3 is 2.56 bits per heavy atom. The maximum atomic E-state index is 13.4. The van der Waals surface area contributed by atoms with E-state index in [0.29, 0.717) is 43.8 Å². The molecule has 1 fully saturated rings. The van der Waals surface area contributed by atoms with Crippen LogP contribution in [0.15, 0.2) is 30.7 Å². The minimum atomic E-state index is -0.0625. The highest BCUT2D eigenvalue weighted by atomic mass is 16.5. The molecule has 2 aliphatic rings. The third-order valence-corrected chi connectivity index (χ3v) is 6.47. The topological polar surface area (TPSA) is 105 Å². The number of hydrogen-bond acceptors (Lipinski definition) is 7. The van der Waals surface area contributed by atoms with E-state index in [2.05, 4.69) is 15.0 Å². The molecule has 5 heterocycles. The number of piperidine rings is 1. The summed E-state index contributed by atoms with van der Waals surface area (Å²) in [4.78, 5) is 49.2. The summed E-state index contributed by atoms with van der Waals surface area (Å²) < 4.78 is 4.99. The summed E-state index contributed by atoms with van der Waals surface area (Å²) in [7, 11) is 3.32. The number of hydrogen-bond donors (Lipinski definition) is 0. The molecule has 3 amide bonds. The molecule has 0 atom stereocenters. The lowest BCUT2D eigenvalue weighted by Gasteiger charge is -2.43. The van der Waals surface area contributed by atoms with Crippen LogP contribution >= 0.6 is 0 Å². The fraction of sp³-hybridized carbons (Fsp3) is 0.417. The van der Waals surface area contributed by atoms with E-state index in [1.165, 1.54) is 7.11 Å². The van der Waals surface area contributed by atoms with E-state index >= 15 is 0 Å². The molecule has 0 aliphatic carbocycles. The van der Waals surface area contributed by atoms with Gasteiger partial charge in [-0.15, -0.1) is 0 Å². The molecule has 0 saturated carbocycles. The highest BCUT2D eigenvalue weighted by Crippen LogP contribution is 2.37. The number of rotatable bonds is 4. The average molecular weight is 462 g/mol. The third kappa shape index (κ3) is 3.94. The van der Waals surface area contributed by atoms with Gasteiger partial charge in [0.05, 0.1) is 23.4 Å². The van der Waals surface area contributed by atoms with Crippen molar-refractivity contribution in [3.63, 3.8) is 0 Å². The second-order valence-electron chi connectivity index (χ2n) is 8.77. The van der Waals surface area contributed by atoms with E-state index in [9.17, 15) is 9.59 Å². The van der Waals surface area contributed by atoms with E-state index in [1.807, 2.05) is 30.2 Å². The standard InChI is InChI=1S/C24H27N7O3/c1-15-25-10-16(11-26-15)19-4-5-20-22(28-19)23-17(12-27-20)13-29(2)24(33)31(23)18-6-8-30(9-7-18)21(32)14-34-3/h4-5,10-12,18H,6-9,13-14H2,1-3H3.